The van der Waals surface area contributed by atoms with E-state index < -0.39 is 0 Å². The third-order valence-electron chi connectivity index (χ3n) is 2.80. The van der Waals surface area contributed by atoms with Crippen LogP contribution in [0, 0.1) is 0 Å². The lowest BCUT2D eigenvalue weighted by Crippen LogP contribution is -1.93. The zero-order valence-corrected chi connectivity index (χ0v) is 11.7. The van der Waals surface area contributed by atoms with E-state index in [0.717, 1.165) is 22.9 Å². The molecule has 0 aliphatic carbocycles. The molecule has 0 bridgehead atoms. The van der Waals surface area contributed by atoms with Gasteiger partial charge in [0.05, 0.1) is 10.5 Å². The van der Waals surface area contributed by atoms with Crippen LogP contribution in [0.3, 0.4) is 0 Å². The SMILES string of the molecule is Clc1nc2ccccc2c(Cl)c1Cc1cccs1. The molecule has 1 nitrogen and oxygen atoms in total. The van der Waals surface area contributed by atoms with Crippen molar-refractivity contribution in [3.63, 3.8) is 0 Å². The van der Waals surface area contributed by atoms with Crippen LogP contribution < -0.4 is 0 Å². The molecule has 2 aromatic heterocycles. The van der Waals surface area contributed by atoms with Gasteiger partial charge >= 0.3 is 0 Å². The van der Waals surface area contributed by atoms with Crippen LogP contribution in [0.2, 0.25) is 10.2 Å². The number of hydrogen-bond donors (Lipinski definition) is 0. The maximum atomic E-state index is 6.44. The van der Waals surface area contributed by atoms with Crippen LogP contribution in [0.15, 0.2) is 41.8 Å². The standard InChI is InChI=1S/C14H9Cl2NS/c15-13-10-5-1-2-6-12(10)17-14(16)11(13)8-9-4-3-7-18-9/h1-7H,8H2. The number of rotatable bonds is 2. The molecule has 0 aliphatic heterocycles. The van der Waals surface area contributed by atoms with Gasteiger partial charge in [0.1, 0.15) is 5.15 Å². The molecule has 0 spiro atoms. The minimum atomic E-state index is 0.493. The molecule has 3 rings (SSSR count). The van der Waals surface area contributed by atoms with Crippen molar-refractivity contribution in [2.24, 2.45) is 0 Å². The average molecular weight is 294 g/mol. The van der Waals surface area contributed by atoms with Gasteiger partial charge < -0.3 is 0 Å². The Hall–Kier alpha value is -1.09. The zero-order valence-electron chi connectivity index (χ0n) is 9.36. The van der Waals surface area contributed by atoms with E-state index in [-0.39, 0.29) is 0 Å². The first-order valence-electron chi connectivity index (χ1n) is 5.50. The van der Waals surface area contributed by atoms with Gasteiger partial charge in [-0.2, -0.15) is 0 Å². The van der Waals surface area contributed by atoms with Gasteiger partial charge in [0.2, 0.25) is 0 Å². The number of pyridine rings is 1. The van der Waals surface area contributed by atoms with Gasteiger partial charge in [0.15, 0.2) is 0 Å². The molecule has 2 heterocycles. The monoisotopic (exact) mass is 293 g/mol. The molecule has 4 heteroatoms. The van der Waals surface area contributed by atoms with E-state index in [1.54, 1.807) is 11.3 Å². The summed E-state index contributed by atoms with van der Waals surface area (Å²) < 4.78 is 0. The van der Waals surface area contributed by atoms with E-state index in [0.29, 0.717) is 10.2 Å². The minimum Gasteiger partial charge on any atom is -0.236 e. The highest BCUT2D eigenvalue weighted by Crippen LogP contribution is 2.32. The summed E-state index contributed by atoms with van der Waals surface area (Å²) in [7, 11) is 0. The lowest BCUT2D eigenvalue weighted by molar-refractivity contribution is 1.20. The van der Waals surface area contributed by atoms with E-state index in [2.05, 4.69) is 11.1 Å². The Labute approximate surface area is 119 Å². The molecular weight excluding hydrogens is 285 g/mol. The molecule has 90 valence electrons. The third-order valence-corrected chi connectivity index (χ3v) is 4.42. The van der Waals surface area contributed by atoms with Gasteiger partial charge in [-0.15, -0.1) is 11.3 Å². The fourth-order valence-electron chi connectivity index (χ4n) is 1.92. The molecule has 0 aliphatic rings. The largest absolute Gasteiger partial charge is 0.236 e. The summed E-state index contributed by atoms with van der Waals surface area (Å²) >= 11 is 14.4. The lowest BCUT2D eigenvalue weighted by Gasteiger charge is -2.08. The second-order valence-corrected chi connectivity index (χ2v) is 5.74. The summed E-state index contributed by atoms with van der Waals surface area (Å²) in [4.78, 5) is 5.63. The molecule has 0 amide bonds. The van der Waals surface area contributed by atoms with Crippen molar-refractivity contribution < 1.29 is 0 Å². The molecule has 0 fully saturated rings. The molecule has 0 radical (unpaired) electrons. The van der Waals surface area contributed by atoms with Crippen molar-refractivity contribution in [1.82, 2.24) is 4.98 Å². The number of nitrogens with zero attached hydrogens (tertiary/aromatic N) is 1. The quantitative estimate of drug-likeness (QED) is 0.592. The van der Waals surface area contributed by atoms with Gasteiger partial charge in [0, 0.05) is 22.2 Å². The summed E-state index contributed by atoms with van der Waals surface area (Å²) in [6.07, 6.45) is 0.729. The highest BCUT2D eigenvalue weighted by atomic mass is 35.5. The predicted molar refractivity (Wildman–Crippen MR) is 78.9 cm³/mol. The fourth-order valence-corrected chi connectivity index (χ4v) is 3.25. The van der Waals surface area contributed by atoms with E-state index in [9.17, 15) is 0 Å². The Morgan fingerprint density at radius 1 is 1.06 bits per heavy atom. The zero-order chi connectivity index (χ0) is 12.5. The molecular formula is C14H9Cl2NS. The summed E-state index contributed by atoms with van der Waals surface area (Å²) in [5.74, 6) is 0. The normalized spacial score (nSPS) is 11.0. The highest BCUT2D eigenvalue weighted by Gasteiger charge is 2.12. The first-order chi connectivity index (χ1) is 8.75. The summed E-state index contributed by atoms with van der Waals surface area (Å²) in [6, 6.07) is 11.9. The highest BCUT2D eigenvalue weighted by molar-refractivity contribution is 7.09. The van der Waals surface area contributed by atoms with E-state index in [1.165, 1.54) is 4.88 Å². The Kier molecular flexibility index (Phi) is 3.25. The number of para-hydroxylation sites is 1. The average Bonchev–Trinajstić information content (AvgIpc) is 2.87. The predicted octanol–water partition coefficient (Wildman–Crippen LogP) is 5.19. The van der Waals surface area contributed by atoms with Crippen molar-refractivity contribution in [2.45, 2.75) is 6.42 Å². The third kappa shape index (κ3) is 2.12. The Morgan fingerprint density at radius 2 is 1.89 bits per heavy atom. The second-order valence-electron chi connectivity index (χ2n) is 3.97. The molecule has 18 heavy (non-hydrogen) atoms. The van der Waals surface area contributed by atoms with Crippen LogP contribution in [-0.2, 0) is 6.42 Å². The van der Waals surface area contributed by atoms with E-state index >= 15 is 0 Å². The van der Waals surface area contributed by atoms with Crippen molar-refractivity contribution in [3.05, 3.63) is 62.4 Å². The fraction of sp³-hybridized carbons (Fsp3) is 0.0714. The van der Waals surface area contributed by atoms with Gasteiger partial charge in [0.25, 0.3) is 0 Å². The van der Waals surface area contributed by atoms with Crippen LogP contribution in [0.4, 0.5) is 0 Å². The number of benzene rings is 1. The van der Waals surface area contributed by atoms with Crippen LogP contribution >= 0.6 is 34.5 Å². The molecule has 0 atom stereocenters. The number of fused-ring (bicyclic) bond motifs is 1. The smallest absolute Gasteiger partial charge is 0.134 e. The molecule has 3 aromatic rings. The summed E-state index contributed by atoms with van der Waals surface area (Å²) in [5.41, 5.74) is 1.74. The summed E-state index contributed by atoms with van der Waals surface area (Å²) in [5, 5.41) is 4.20. The number of halogens is 2. The number of hydrogen-bond acceptors (Lipinski definition) is 2. The Bertz CT molecular complexity index is 692. The van der Waals surface area contributed by atoms with Crippen molar-refractivity contribution >= 4 is 45.4 Å². The lowest BCUT2D eigenvalue weighted by atomic mass is 10.1. The Morgan fingerprint density at radius 3 is 2.67 bits per heavy atom. The topological polar surface area (TPSA) is 12.9 Å². The van der Waals surface area contributed by atoms with Crippen LogP contribution in [-0.4, -0.2) is 4.98 Å². The minimum absolute atomic E-state index is 0.493. The van der Waals surface area contributed by atoms with Crippen molar-refractivity contribution in [3.8, 4) is 0 Å². The molecule has 1 aromatic carbocycles. The number of aromatic nitrogens is 1. The van der Waals surface area contributed by atoms with Crippen LogP contribution in [0.1, 0.15) is 10.4 Å². The summed E-state index contributed by atoms with van der Waals surface area (Å²) in [6.45, 7) is 0. The van der Waals surface area contributed by atoms with Gasteiger partial charge in [-0.25, -0.2) is 4.98 Å². The van der Waals surface area contributed by atoms with Crippen molar-refractivity contribution in [1.29, 1.82) is 0 Å². The molecule has 0 unspecified atom stereocenters. The van der Waals surface area contributed by atoms with E-state index in [1.807, 2.05) is 35.7 Å². The maximum absolute atomic E-state index is 6.44. The van der Waals surface area contributed by atoms with Crippen molar-refractivity contribution in [2.75, 3.05) is 0 Å². The van der Waals surface area contributed by atoms with Gasteiger partial charge in [-0.1, -0.05) is 47.5 Å². The maximum Gasteiger partial charge on any atom is 0.134 e. The molecule has 0 saturated carbocycles. The second kappa shape index (κ2) is 4.88. The van der Waals surface area contributed by atoms with Crippen LogP contribution in [0.5, 0.6) is 0 Å². The number of thiophene rings is 1. The first-order valence-corrected chi connectivity index (χ1v) is 7.14. The van der Waals surface area contributed by atoms with Gasteiger partial charge in [-0.3, -0.25) is 0 Å². The van der Waals surface area contributed by atoms with Gasteiger partial charge in [-0.05, 0) is 17.5 Å². The van der Waals surface area contributed by atoms with E-state index in [4.69, 9.17) is 23.2 Å². The van der Waals surface area contributed by atoms with Crippen LogP contribution in [0.25, 0.3) is 10.9 Å². The molecule has 0 saturated heterocycles. The Balaban J connectivity index is 2.16. The first kappa shape index (κ1) is 12.0. The molecule has 0 N–H and O–H groups in total.